The molecule has 2 aromatic heterocycles. The zero-order valence-corrected chi connectivity index (χ0v) is 24.3. The maximum absolute atomic E-state index is 12.8. The summed E-state index contributed by atoms with van der Waals surface area (Å²) >= 11 is 0. The number of aromatic nitrogens is 6. The molecular formula is C32H38N8O. The van der Waals surface area contributed by atoms with Crippen molar-refractivity contribution in [1.82, 2.24) is 35.5 Å². The van der Waals surface area contributed by atoms with Crippen LogP contribution in [-0.4, -0.2) is 49.8 Å². The fourth-order valence-corrected chi connectivity index (χ4v) is 5.42. The molecule has 0 bridgehead atoms. The van der Waals surface area contributed by atoms with E-state index in [4.69, 9.17) is 4.98 Å². The van der Waals surface area contributed by atoms with Crippen LogP contribution in [0, 0.1) is 6.92 Å². The number of aromatic amines is 1. The Balaban J connectivity index is 1.67. The highest BCUT2D eigenvalue weighted by Crippen LogP contribution is 2.37. The summed E-state index contributed by atoms with van der Waals surface area (Å²) in [4.78, 5) is 19.7. The lowest BCUT2D eigenvalue weighted by atomic mass is 9.94. The molecule has 0 aliphatic carbocycles. The Morgan fingerprint density at radius 1 is 1.00 bits per heavy atom. The standard InChI is InChI=1S/C32H38N8O/c1-5-7-12-20-39(32(41)33-4)24-16-18-28-26(21-24)34-29(15-8-6-2)40(28)27-19-17-25(23-13-10-9-11-14-23)30(22(27)3)31-35-37-38-36-31/h9-11,13-14,16-19,21H,5-8,12,15,20H2,1-4H3,(H,33,41)(H,35,36,37,38). The number of hydrogen-bond acceptors (Lipinski definition) is 5. The number of rotatable bonds is 11. The molecule has 2 heterocycles. The van der Waals surface area contributed by atoms with Crippen LogP contribution in [0.15, 0.2) is 60.7 Å². The van der Waals surface area contributed by atoms with E-state index < -0.39 is 0 Å². The van der Waals surface area contributed by atoms with Gasteiger partial charge < -0.3 is 5.32 Å². The minimum Gasteiger partial charge on any atom is -0.341 e. The minimum atomic E-state index is -0.108. The Kier molecular flexibility index (Phi) is 8.72. The Morgan fingerprint density at radius 3 is 2.51 bits per heavy atom. The van der Waals surface area contributed by atoms with Crippen molar-refractivity contribution in [2.24, 2.45) is 0 Å². The molecule has 9 heteroatoms. The van der Waals surface area contributed by atoms with E-state index in [1.807, 2.05) is 35.2 Å². The first-order valence-electron chi connectivity index (χ1n) is 14.5. The smallest absolute Gasteiger partial charge is 0.321 e. The van der Waals surface area contributed by atoms with Gasteiger partial charge in [0, 0.05) is 31.3 Å². The van der Waals surface area contributed by atoms with Crippen molar-refractivity contribution in [2.45, 2.75) is 59.3 Å². The summed E-state index contributed by atoms with van der Waals surface area (Å²) in [6.07, 6.45) is 6.05. The van der Waals surface area contributed by atoms with E-state index in [1.165, 1.54) is 0 Å². The van der Waals surface area contributed by atoms with E-state index in [9.17, 15) is 4.79 Å². The molecule has 0 unspecified atom stereocenters. The molecule has 0 atom stereocenters. The molecule has 212 valence electrons. The summed E-state index contributed by atoms with van der Waals surface area (Å²) in [5.41, 5.74) is 7.85. The van der Waals surface area contributed by atoms with Gasteiger partial charge in [-0.05, 0) is 65.9 Å². The van der Waals surface area contributed by atoms with Crippen LogP contribution < -0.4 is 10.2 Å². The normalized spacial score (nSPS) is 11.2. The number of fused-ring (bicyclic) bond motifs is 1. The first-order chi connectivity index (χ1) is 20.1. The van der Waals surface area contributed by atoms with E-state index in [2.05, 4.69) is 81.6 Å². The van der Waals surface area contributed by atoms with Crippen LogP contribution in [0.2, 0.25) is 0 Å². The SMILES string of the molecule is CCCCCN(C(=O)NC)c1ccc2c(c1)nc(CCCC)n2-c1ccc(-c2ccccc2)c(-c2nn[nH]n2)c1C. The molecule has 0 spiro atoms. The van der Waals surface area contributed by atoms with Crippen LogP contribution in [0.25, 0.3) is 39.2 Å². The number of hydrogen-bond donors (Lipinski definition) is 2. The fraction of sp³-hybridized carbons (Fsp3) is 0.344. The summed E-state index contributed by atoms with van der Waals surface area (Å²) in [6.45, 7) is 7.13. The number of carbonyl (C=O) groups is 1. The van der Waals surface area contributed by atoms with Gasteiger partial charge in [0.25, 0.3) is 0 Å². The molecule has 0 fully saturated rings. The Bertz CT molecular complexity index is 1610. The van der Waals surface area contributed by atoms with Crippen LogP contribution in [0.4, 0.5) is 10.5 Å². The van der Waals surface area contributed by atoms with Crippen LogP contribution >= 0.6 is 0 Å². The van der Waals surface area contributed by atoms with E-state index in [0.717, 1.165) is 89.0 Å². The quantitative estimate of drug-likeness (QED) is 0.175. The highest BCUT2D eigenvalue weighted by Gasteiger charge is 2.22. The van der Waals surface area contributed by atoms with Gasteiger partial charge in [-0.1, -0.05) is 69.5 Å². The van der Waals surface area contributed by atoms with Gasteiger partial charge in [-0.15, -0.1) is 10.2 Å². The van der Waals surface area contributed by atoms with Crippen molar-refractivity contribution < 1.29 is 4.79 Å². The predicted octanol–water partition coefficient (Wildman–Crippen LogP) is 6.86. The monoisotopic (exact) mass is 550 g/mol. The number of amides is 2. The number of unbranched alkanes of at least 4 members (excludes halogenated alkanes) is 3. The predicted molar refractivity (Wildman–Crippen MR) is 164 cm³/mol. The fourth-order valence-electron chi connectivity index (χ4n) is 5.42. The molecule has 9 nitrogen and oxygen atoms in total. The molecule has 0 radical (unpaired) electrons. The molecule has 0 aliphatic rings. The third-order valence-corrected chi connectivity index (χ3v) is 7.55. The number of nitrogens with zero attached hydrogens (tertiary/aromatic N) is 6. The molecule has 0 saturated heterocycles. The van der Waals surface area contributed by atoms with Crippen molar-refractivity contribution in [3.63, 3.8) is 0 Å². The lowest BCUT2D eigenvalue weighted by Crippen LogP contribution is -2.38. The number of urea groups is 1. The number of nitrogens with one attached hydrogen (secondary N) is 2. The van der Waals surface area contributed by atoms with Crippen LogP contribution in [0.5, 0.6) is 0 Å². The first kappa shape index (κ1) is 28.0. The highest BCUT2D eigenvalue weighted by molar-refractivity contribution is 5.95. The van der Waals surface area contributed by atoms with Gasteiger partial charge in [-0.2, -0.15) is 5.21 Å². The minimum absolute atomic E-state index is 0.108. The van der Waals surface area contributed by atoms with Gasteiger partial charge in [-0.3, -0.25) is 9.47 Å². The maximum Gasteiger partial charge on any atom is 0.321 e. The number of tetrazole rings is 1. The maximum atomic E-state index is 12.8. The second kappa shape index (κ2) is 12.8. The lowest BCUT2D eigenvalue weighted by molar-refractivity contribution is 0.248. The molecule has 0 saturated carbocycles. The summed E-state index contributed by atoms with van der Waals surface area (Å²) in [5, 5.41) is 18.0. The molecule has 3 aromatic carbocycles. The van der Waals surface area contributed by atoms with Gasteiger partial charge in [0.15, 0.2) is 0 Å². The molecule has 5 aromatic rings. The van der Waals surface area contributed by atoms with Crippen molar-refractivity contribution >= 4 is 22.8 Å². The number of H-pyrrole nitrogens is 1. The Hall–Kier alpha value is -4.53. The molecule has 2 amide bonds. The zero-order valence-electron chi connectivity index (χ0n) is 24.3. The molecule has 41 heavy (non-hydrogen) atoms. The Morgan fingerprint density at radius 2 is 1.80 bits per heavy atom. The number of imidazole rings is 1. The van der Waals surface area contributed by atoms with Crippen LogP contribution in [0.3, 0.4) is 0 Å². The van der Waals surface area contributed by atoms with Crippen molar-refractivity contribution in [1.29, 1.82) is 0 Å². The Labute approximate surface area is 241 Å². The second-order valence-electron chi connectivity index (χ2n) is 10.3. The van der Waals surface area contributed by atoms with Gasteiger partial charge in [0.2, 0.25) is 5.82 Å². The van der Waals surface area contributed by atoms with E-state index in [1.54, 1.807) is 7.05 Å². The first-order valence-corrected chi connectivity index (χ1v) is 14.5. The third-order valence-electron chi connectivity index (χ3n) is 7.55. The third kappa shape index (κ3) is 5.70. The number of anilines is 1. The van der Waals surface area contributed by atoms with Crippen LogP contribution in [0.1, 0.15) is 57.3 Å². The number of aryl methyl sites for hydroxylation is 1. The molecule has 0 aliphatic heterocycles. The molecular weight excluding hydrogens is 512 g/mol. The number of benzene rings is 3. The van der Waals surface area contributed by atoms with Crippen LogP contribution in [-0.2, 0) is 6.42 Å². The average Bonchev–Trinajstić information content (AvgIpc) is 3.66. The van der Waals surface area contributed by atoms with Gasteiger partial charge >= 0.3 is 6.03 Å². The summed E-state index contributed by atoms with van der Waals surface area (Å²) < 4.78 is 2.25. The summed E-state index contributed by atoms with van der Waals surface area (Å²) in [7, 11) is 1.68. The van der Waals surface area contributed by atoms with E-state index in [-0.39, 0.29) is 6.03 Å². The largest absolute Gasteiger partial charge is 0.341 e. The number of carbonyl (C=O) groups excluding carboxylic acids is 1. The van der Waals surface area contributed by atoms with Gasteiger partial charge in [0.05, 0.1) is 16.7 Å². The van der Waals surface area contributed by atoms with E-state index >= 15 is 0 Å². The van der Waals surface area contributed by atoms with E-state index in [0.29, 0.717) is 12.4 Å². The van der Waals surface area contributed by atoms with Crippen molar-refractivity contribution in [3.05, 3.63) is 72.1 Å². The average molecular weight is 551 g/mol. The lowest BCUT2D eigenvalue weighted by Gasteiger charge is -2.22. The van der Waals surface area contributed by atoms with Gasteiger partial charge in [-0.25, -0.2) is 9.78 Å². The summed E-state index contributed by atoms with van der Waals surface area (Å²) in [6, 6.07) is 20.6. The zero-order chi connectivity index (χ0) is 28.8. The van der Waals surface area contributed by atoms with Crippen molar-refractivity contribution in [3.8, 4) is 28.2 Å². The topological polar surface area (TPSA) is 105 Å². The van der Waals surface area contributed by atoms with Crippen molar-refractivity contribution in [2.75, 3.05) is 18.5 Å². The molecule has 2 N–H and O–H groups in total. The summed E-state index contributed by atoms with van der Waals surface area (Å²) in [5.74, 6) is 1.55. The molecule has 5 rings (SSSR count). The second-order valence-corrected chi connectivity index (χ2v) is 10.3. The van der Waals surface area contributed by atoms with Gasteiger partial charge in [0.1, 0.15) is 5.82 Å². The highest BCUT2D eigenvalue weighted by atomic mass is 16.2.